The van der Waals surface area contributed by atoms with Gasteiger partial charge in [-0.05, 0) is 42.2 Å². The van der Waals surface area contributed by atoms with Gasteiger partial charge in [-0.25, -0.2) is 0 Å². The van der Waals surface area contributed by atoms with E-state index in [1.807, 2.05) is 43.5 Å². The molecular formula is C31H42N2O2. The van der Waals surface area contributed by atoms with Crippen LogP contribution in [-0.2, 0) is 10.8 Å². The van der Waals surface area contributed by atoms with Crippen LogP contribution in [0, 0.1) is 0 Å². The van der Waals surface area contributed by atoms with Crippen molar-refractivity contribution < 1.29 is 9.90 Å². The molecule has 2 N–H and O–H groups in total. The third-order valence-corrected chi connectivity index (χ3v) is 6.77. The molecule has 1 aliphatic rings. The molecule has 1 aliphatic carbocycles. The molecule has 35 heavy (non-hydrogen) atoms. The molecule has 0 heterocycles. The van der Waals surface area contributed by atoms with E-state index in [1.165, 1.54) is 5.56 Å². The first-order valence-corrected chi connectivity index (χ1v) is 12.8. The van der Waals surface area contributed by atoms with Crippen LogP contribution in [0.2, 0.25) is 0 Å². The molecule has 2 aromatic rings. The summed E-state index contributed by atoms with van der Waals surface area (Å²) in [7, 11) is 0. The quantitative estimate of drug-likeness (QED) is 0.267. The fourth-order valence-corrected chi connectivity index (χ4v) is 4.61. The van der Waals surface area contributed by atoms with Gasteiger partial charge in [0, 0.05) is 40.7 Å². The Labute approximate surface area is 211 Å². The first kappa shape index (κ1) is 26.7. The van der Waals surface area contributed by atoms with Crippen molar-refractivity contribution in [3.63, 3.8) is 0 Å². The van der Waals surface area contributed by atoms with Crippen LogP contribution in [0.5, 0.6) is 5.75 Å². The highest BCUT2D eigenvalue weighted by atomic mass is 16.3. The molecule has 0 aliphatic heterocycles. The Balaban J connectivity index is 1.84. The van der Waals surface area contributed by atoms with Gasteiger partial charge in [-0.15, -0.1) is 0 Å². The van der Waals surface area contributed by atoms with Gasteiger partial charge >= 0.3 is 0 Å². The Morgan fingerprint density at radius 2 is 1.66 bits per heavy atom. The van der Waals surface area contributed by atoms with Gasteiger partial charge in [0.1, 0.15) is 5.75 Å². The summed E-state index contributed by atoms with van der Waals surface area (Å²) in [6, 6.07) is 13.8. The number of aliphatic imine (C=N–C) groups is 1. The van der Waals surface area contributed by atoms with Gasteiger partial charge in [0.15, 0.2) is 5.78 Å². The Kier molecular flexibility index (Phi) is 8.25. The predicted molar refractivity (Wildman–Crippen MR) is 147 cm³/mol. The molecule has 1 fully saturated rings. The second kappa shape index (κ2) is 10.8. The lowest BCUT2D eigenvalue weighted by Crippen LogP contribution is -2.40. The minimum absolute atomic E-state index is 0.00471. The number of nitrogens with one attached hydrogen (secondary N) is 1. The lowest BCUT2D eigenvalue weighted by molar-refractivity contribution is 0.104. The minimum Gasteiger partial charge on any atom is -0.507 e. The number of hydrogen-bond acceptors (Lipinski definition) is 4. The van der Waals surface area contributed by atoms with Crippen molar-refractivity contribution in [1.82, 2.24) is 5.32 Å². The molecule has 0 unspecified atom stereocenters. The van der Waals surface area contributed by atoms with Gasteiger partial charge in [0.05, 0.1) is 6.04 Å². The van der Waals surface area contributed by atoms with Crippen LogP contribution in [0.15, 0.2) is 59.2 Å². The zero-order valence-electron chi connectivity index (χ0n) is 22.5. The van der Waals surface area contributed by atoms with Crippen LogP contribution in [-0.4, -0.2) is 29.2 Å². The molecule has 1 saturated carbocycles. The van der Waals surface area contributed by atoms with Crippen LogP contribution >= 0.6 is 0 Å². The molecule has 0 spiro atoms. The summed E-state index contributed by atoms with van der Waals surface area (Å²) in [5.74, 6) is 0.323. The first-order chi connectivity index (χ1) is 16.4. The number of aromatic hydroxyl groups is 1. The van der Waals surface area contributed by atoms with Gasteiger partial charge in [-0.3, -0.25) is 9.79 Å². The van der Waals surface area contributed by atoms with Crippen molar-refractivity contribution in [3.8, 4) is 5.75 Å². The number of benzene rings is 2. The topological polar surface area (TPSA) is 61.7 Å². The van der Waals surface area contributed by atoms with E-state index in [4.69, 9.17) is 4.99 Å². The summed E-state index contributed by atoms with van der Waals surface area (Å²) < 4.78 is 0. The summed E-state index contributed by atoms with van der Waals surface area (Å²) in [5, 5.41) is 14.7. The van der Waals surface area contributed by atoms with E-state index in [9.17, 15) is 9.90 Å². The first-order valence-electron chi connectivity index (χ1n) is 12.8. The molecule has 188 valence electrons. The number of carbonyl (C=O) groups is 1. The third kappa shape index (κ3) is 7.06. The summed E-state index contributed by atoms with van der Waals surface area (Å²) in [5.41, 5.74) is 4.27. The second-order valence-electron chi connectivity index (χ2n) is 11.9. The number of ketones is 1. The molecule has 0 saturated heterocycles. The highest BCUT2D eigenvalue weighted by molar-refractivity contribution is 6.04. The summed E-state index contributed by atoms with van der Waals surface area (Å²) in [4.78, 5) is 17.6. The molecule has 0 amide bonds. The van der Waals surface area contributed by atoms with Crippen LogP contribution in [0.25, 0.3) is 0 Å². The maximum absolute atomic E-state index is 12.6. The standard InChI is InChI=1S/C31H42N2O2/c1-21(17-28(34)22-13-9-8-10-14-22)33-27-16-12-11-15-26(27)32-20-23-18-24(30(2,3)4)19-25(29(23)35)31(5,6)7/h8-10,13-14,17-20,26-27,33,35H,11-12,15-16H2,1-7H3/b21-17+,32-20?/t26-,27-/m1/s1. The number of rotatable bonds is 6. The number of carbonyl (C=O) groups excluding carboxylic acids is 1. The van der Waals surface area contributed by atoms with E-state index in [-0.39, 0.29) is 28.7 Å². The zero-order valence-corrected chi connectivity index (χ0v) is 22.5. The molecule has 0 bridgehead atoms. The second-order valence-corrected chi connectivity index (χ2v) is 11.9. The van der Waals surface area contributed by atoms with E-state index in [0.29, 0.717) is 11.3 Å². The maximum Gasteiger partial charge on any atom is 0.187 e. The predicted octanol–water partition coefficient (Wildman–Crippen LogP) is 7.09. The Morgan fingerprint density at radius 1 is 1.00 bits per heavy atom. The molecular weight excluding hydrogens is 432 g/mol. The number of phenolic OH excluding ortho intramolecular Hbond substituents is 1. The average Bonchev–Trinajstić information content (AvgIpc) is 2.78. The van der Waals surface area contributed by atoms with Gasteiger partial charge in [-0.1, -0.05) is 90.8 Å². The highest BCUT2D eigenvalue weighted by Crippen LogP contribution is 2.37. The number of allylic oxidation sites excluding steroid dienone is 2. The zero-order chi connectivity index (χ0) is 25.8. The number of phenols is 1. The molecule has 2 aromatic carbocycles. The third-order valence-electron chi connectivity index (χ3n) is 6.77. The van der Waals surface area contributed by atoms with Gasteiger partial charge in [-0.2, -0.15) is 0 Å². The fraction of sp³-hybridized carbons (Fsp3) is 0.484. The van der Waals surface area contributed by atoms with Crippen molar-refractivity contribution in [1.29, 1.82) is 0 Å². The molecule has 4 nitrogen and oxygen atoms in total. The Morgan fingerprint density at radius 3 is 2.29 bits per heavy atom. The van der Waals surface area contributed by atoms with Crippen LogP contribution in [0.1, 0.15) is 101 Å². The van der Waals surface area contributed by atoms with Crippen molar-refractivity contribution in [2.24, 2.45) is 4.99 Å². The monoisotopic (exact) mass is 474 g/mol. The number of nitrogens with zero attached hydrogens (tertiary/aromatic N) is 1. The Hall–Kier alpha value is -2.88. The number of hydrogen-bond donors (Lipinski definition) is 2. The van der Waals surface area contributed by atoms with E-state index in [0.717, 1.165) is 42.5 Å². The largest absolute Gasteiger partial charge is 0.507 e. The van der Waals surface area contributed by atoms with E-state index in [1.54, 1.807) is 6.08 Å². The van der Waals surface area contributed by atoms with Crippen LogP contribution < -0.4 is 5.32 Å². The Bertz CT molecular complexity index is 1090. The molecule has 0 radical (unpaired) electrons. The summed E-state index contributed by atoms with van der Waals surface area (Å²) in [6.45, 7) is 14.9. The lowest BCUT2D eigenvalue weighted by Gasteiger charge is -2.31. The van der Waals surface area contributed by atoms with Crippen LogP contribution in [0.3, 0.4) is 0 Å². The summed E-state index contributed by atoms with van der Waals surface area (Å²) >= 11 is 0. The molecule has 0 aromatic heterocycles. The van der Waals surface area contributed by atoms with E-state index >= 15 is 0 Å². The normalized spacial score (nSPS) is 19.7. The van der Waals surface area contributed by atoms with Gasteiger partial charge < -0.3 is 10.4 Å². The molecule has 2 atom stereocenters. The molecule has 3 rings (SSSR count). The van der Waals surface area contributed by atoms with Crippen molar-refractivity contribution in [2.75, 3.05) is 0 Å². The van der Waals surface area contributed by atoms with Crippen molar-refractivity contribution >= 4 is 12.0 Å². The highest BCUT2D eigenvalue weighted by Gasteiger charge is 2.26. The maximum atomic E-state index is 12.6. The van der Waals surface area contributed by atoms with Crippen molar-refractivity contribution in [2.45, 2.75) is 97.1 Å². The van der Waals surface area contributed by atoms with Crippen molar-refractivity contribution in [3.05, 3.63) is 76.5 Å². The minimum atomic E-state index is -0.171. The van der Waals surface area contributed by atoms with E-state index < -0.39 is 0 Å². The molecule has 4 heteroatoms. The van der Waals surface area contributed by atoms with Crippen LogP contribution in [0.4, 0.5) is 0 Å². The SMILES string of the molecule is C/C(=C\C(=O)c1ccccc1)N[C@@H]1CCCC[C@H]1N=Cc1cc(C(C)(C)C)cc(C(C)(C)C)c1O. The lowest BCUT2D eigenvalue weighted by atomic mass is 9.79. The van der Waals surface area contributed by atoms with E-state index in [2.05, 4.69) is 59.0 Å². The van der Waals surface area contributed by atoms with Gasteiger partial charge in [0.25, 0.3) is 0 Å². The average molecular weight is 475 g/mol. The smallest absolute Gasteiger partial charge is 0.187 e. The summed E-state index contributed by atoms with van der Waals surface area (Å²) in [6.07, 6.45) is 7.81. The fourth-order valence-electron chi connectivity index (χ4n) is 4.61. The van der Waals surface area contributed by atoms with Gasteiger partial charge in [0.2, 0.25) is 0 Å².